The van der Waals surface area contributed by atoms with Gasteiger partial charge < -0.3 is 95.2 Å². The van der Waals surface area contributed by atoms with Crippen molar-refractivity contribution in [1.82, 2.24) is 69.6 Å². The molecule has 1 unspecified atom stereocenters. The fraction of sp³-hybridized carbons (Fsp3) is 0.562. The molecule has 4 bridgehead atoms. The highest BCUT2D eigenvalue weighted by molar-refractivity contribution is 6.39. The molecule has 10 N–H and O–H groups in total. The molecule has 712 valence electrons. The third-order valence-corrected chi connectivity index (χ3v) is 27.7. The first-order valence-electron chi connectivity index (χ1n) is 46.6. The van der Waals surface area contributed by atoms with Crippen LogP contribution in [-0.2, 0) is 88.0 Å². The van der Waals surface area contributed by atoms with Crippen molar-refractivity contribution in [1.29, 1.82) is 0 Å². The maximum Gasteiger partial charge on any atom is 0.329 e. The van der Waals surface area contributed by atoms with E-state index in [1.54, 1.807) is 95.9 Å². The molecule has 1 aliphatic carbocycles. The molecule has 5 fully saturated rings. The van der Waals surface area contributed by atoms with Crippen molar-refractivity contribution >= 4 is 92.8 Å². The second kappa shape index (κ2) is 42.5. The van der Waals surface area contributed by atoms with Gasteiger partial charge in [0, 0.05) is 172 Å². The number of nitrogens with zero attached hydrogens (tertiary/aromatic N) is 15. The van der Waals surface area contributed by atoms with Crippen molar-refractivity contribution in [2.24, 2.45) is 35.3 Å². The lowest BCUT2D eigenvalue weighted by atomic mass is 9.80. The molecule has 1 saturated carbocycles. The SMILES string of the molecule is CO[C@H]1C[C@@H]2CC[C@@H](C)[C@@](O)(O2)C(=O)C(=O)N2CCCC[C@H]2C(=O)O[C@H]([C@H](N)C[C@@H]2CC[C@@H](O)[C@H](OC)C2)CC(=O)[C@H](C)/C=C(\C)[C@H]2OC(C(=O)NCc3cnc(N4CCN(C(=O)CCOCCN5CCN(c6ncc(C(=O)N7CCc8cc(Cn9nc(-c%10ccc%11oc(N)nc%11c%10)c%10c(N)ncnc%109)ccc8C7)cn6)CC5)CC4)nc3)(/C=C/C=C/1C)/C=C/[C@@H](C)C[C@@H](C)C(=O)[C@@H]2O. The standard InChI is InChI=1S/C96H125N19O18/c1-56-22-26-95(25-11-12-57(2)76(127-7)46-69-19-14-61(6)96(126,132-69)85(121)89(123)114-27-10-9-13-72(114)90(124)130-77(70(97)43-62-16-20-73(116)78(44-62)128-8)47-74(117)58(3)41-60(5)84(133-95)83(120)82(119)59(4)40-56)91(125)100-48-64-49-101-93(102-50-64)112-35-33-110(34-36-112)79(118)24-38-129-39-37-109-29-31-111(32-30-109)94-103-51-68(52-104-94)88(122)113-28-23-65-42-63(15-17-67(65)54-113)53-115-87-80(86(98)105-55-106-87)81(108-115)66-18-21-75-71(45-66)107-92(99)131-75/h11-12,15,17-18,21-22,25-26,41-42,45,49-52,55-56,58-59,61-62,69-70,72-73,76-78,83-84,116,120,126H,9-10,13-14,16,19-20,23-24,27-40,43-44,46-48,53-54,97H2,1-8H3,(H2,99,107)(H,100,125)(H2,98,105,106)/b25-11+,26-22+,57-12+,60-41+/t56-,58-,59-,61-,62+,69+,70-,72+,73-,76+,77+,78-,83+,84-,95?,96-/m1/s1. The minimum atomic E-state index is -2.58. The summed E-state index contributed by atoms with van der Waals surface area (Å²) < 4.78 is 44.6. The molecule has 16 atom stereocenters. The van der Waals surface area contributed by atoms with E-state index in [2.05, 4.69) is 52.2 Å². The lowest BCUT2D eigenvalue weighted by Crippen LogP contribution is -2.61. The van der Waals surface area contributed by atoms with Crippen LogP contribution in [0, 0.1) is 29.6 Å². The molecular formula is C96H125N19O18. The molecule has 133 heavy (non-hydrogen) atoms. The highest BCUT2D eigenvalue weighted by Crippen LogP contribution is 2.40. The Bertz CT molecular complexity index is 5500. The van der Waals surface area contributed by atoms with Crippen LogP contribution in [0.3, 0.4) is 0 Å². The Hall–Kier alpha value is -11.3. The molecule has 5 aromatic heterocycles. The average Bonchev–Trinajstić information content (AvgIpc) is 1.60. The number of methoxy groups -OCH3 is 2. The van der Waals surface area contributed by atoms with Crippen molar-refractivity contribution in [3.05, 3.63) is 143 Å². The number of hydrogen-bond acceptors (Lipinski definition) is 32. The van der Waals surface area contributed by atoms with E-state index in [0.29, 0.717) is 186 Å². The number of aliphatic hydroxyl groups is 3. The van der Waals surface area contributed by atoms with Gasteiger partial charge in [0.05, 0.1) is 61.5 Å². The van der Waals surface area contributed by atoms with Crippen LogP contribution in [0.2, 0.25) is 0 Å². The average molecular weight is 1830 g/mol. The number of carbonyl (C=O) groups excluding carboxylic acids is 8. The maximum absolute atomic E-state index is 15.6. The number of ether oxygens (including phenoxy) is 6. The number of nitrogens with two attached hydrogens (primary N) is 3. The summed E-state index contributed by atoms with van der Waals surface area (Å²) in [6, 6.07) is 9.63. The van der Waals surface area contributed by atoms with Crippen LogP contribution in [-0.4, -0.2) is 292 Å². The Labute approximate surface area is 772 Å². The van der Waals surface area contributed by atoms with Gasteiger partial charge in [-0.1, -0.05) is 70.2 Å². The van der Waals surface area contributed by atoms with Crippen molar-refractivity contribution < 1.29 is 86.5 Å². The molecule has 12 heterocycles. The lowest BCUT2D eigenvalue weighted by Gasteiger charge is -2.42. The van der Waals surface area contributed by atoms with E-state index >= 15 is 4.79 Å². The van der Waals surface area contributed by atoms with Gasteiger partial charge in [-0.25, -0.2) is 39.4 Å². The van der Waals surface area contributed by atoms with Crippen LogP contribution in [0.4, 0.5) is 23.7 Å². The number of allylic oxidation sites excluding steroid dienone is 4. The molecule has 37 heteroatoms. The number of ketones is 3. The van der Waals surface area contributed by atoms with Crippen molar-refractivity contribution in [3.8, 4) is 11.3 Å². The summed E-state index contributed by atoms with van der Waals surface area (Å²) in [6.45, 7) is 17.6. The maximum atomic E-state index is 15.6. The first-order chi connectivity index (χ1) is 63.9. The number of piperazine rings is 2. The summed E-state index contributed by atoms with van der Waals surface area (Å²) in [5.41, 5.74) is 25.3. The molecule has 2 aromatic carbocycles. The predicted molar refractivity (Wildman–Crippen MR) is 491 cm³/mol. The number of oxazole rings is 1. The Morgan fingerprint density at radius 3 is 2.23 bits per heavy atom. The number of cyclic esters (lactones) is 1. The Balaban J connectivity index is 0.542. The molecule has 0 radical (unpaired) electrons. The third kappa shape index (κ3) is 22.2. The van der Waals surface area contributed by atoms with Gasteiger partial charge in [-0.2, -0.15) is 10.1 Å². The minimum Gasteiger partial charge on any atom is -0.459 e. The molecule has 7 aliphatic heterocycles. The van der Waals surface area contributed by atoms with Gasteiger partial charge in [0.1, 0.15) is 53.5 Å². The first-order valence-corrected chi connectivity index (χ1v) is 46.6. The number of Topliss-reactive ketones (excluding diaryl/α,β-unsaturated/α-hetero) is 3. The number of rotatable bonds is 20. The van der Waals surface area contributed by atoms with E-state index < -0.39 is 126 Å². The number of benzene rings is 2. The molecule has 15 rings (SSSR count). The first kappa shape index (κ1) is 96.3. The van der Waals surface area contributed by atoms with E-state index in [4.69, 9.17) is 65.1 Å². The van der Waals surface area contributed by atoms with Gasteiger partial charge in [-0.15, -0.1) is 0 Å². The molecular weight excluding hydrogens is 1710 g/mol. The summed E-state index contributed by atoms with van der Waals surface area (Å²) in [4.78, 5) is 159. The zero-order chi connectivity index (χ0) is 94.1. The predicted octanol–water partition coefficient (Wildman–Crippen LogP) is 6.13. The Morgan fingerprint density at radius 1 is 0.744 bits per heavy atom. The molecule has 37 nitrogen and oxygen atoms in total. The van der Waals surface area contributed by atoms with Crippen LogP contribution in [0.15, 0.2) is 120 Å². The van der Waals surface area contributed by atoms with Gasteiger partial charge in [0.15, 0.2) is 22.6 Å². The molecule has 0 spiro atoms. The summed E-state index contributed by atoms with van der Waals surface area (Å²) in [6.07, 6.45) is 14.5. The van der Waals surface area contributed by atoms with E-state index in [-0.39, 0.29) is 87.0 Å². The van der Waals surface area contributed by atoms with Gasteiger partial charge >= 0.3 is 5.97 Å². The third-order valence-electron chi connectivity index (χ3n) is 27.7. The van der Waals surface area contributed by atoms with E-state index in [9.17, 15) is 48.9 Å². The number of nitrogens with one attached hydrogen (secondary N) is 1. The summed E-state index contributed by atoms with van der Waals surface area (Å²) >= 11 is 0. The number of piperidine rings is 1. The minimum absolute atomic E-state index is 0.00111. The summed E-state index contributed by atoms with van der Waals surface area (Å²) in [5, 5.41) is 44.1. The molecule has 8 aliphatic rings. The van der Waals surface area contributed by atoms with Crippen LogP contribution in [0.5, 0.6) is 0 Å². The van der Waals surface area contributed by atoms with Gasteiger partial charge in [0.25, 0.3) is 29.5 Å². The van der Waals surface area contributed by atoms with Crippen molar-refractivity contribution in [2.45, 2.75) is 217 Å². The highest BCUT2D eigenvalue weighted by atomic mass is 16.6. The number of carbonyl (C=O) groups is 8. The van der Waals surface area contributed by atoms with E-state index in [1.807, 2.05) is 44.5 Å². The number of hydrogen-bond donors (Lipinski definition) is 7. The van der Waals surface area contributed by atoms with Gasteiger partial charge in [0.2, 0.25) is 23.6 Å². The number of fused-ring (bicyclic) bond motifs is 8. The molecule has 7 aromatic rings. The molecule has 4 saturated heterocycles. The number of amides is 4. The molecule has 4 amide bonds. The Kier molecular flexibility index (Phi) is 30.8. The zero-order valence-electron chi connectivity index (χ0n) is 77.0. The normalized spacial score (nSPS) is 29.3. The van der Waals surface area contributed by atoms with Crippen LogP contribution < -0.4 is 32.3 Å². The van der Waals surface area contributed by atoms with Crippen molar-refractivity contribution in [2.75, 3.05) is 121 Å². The highest BCUT2D eigenvalue weighted by Gasteiger charge is 2.54. The number of esters is 1. The van der Waals surface area contributed by atoms with Gasteiger partial charge in [-0.05, 0) is 155 Å². The fourth-order valence-corrected chi connectivity index (χ4v) is 19.6. The van der Waals surface area contributed by atoms with E-state index in [0.717, 1.165) is 40.2 Å². The summed E-state index contributed by atoms with van der Waals surface area (Å²) in [5.74, 6) is -9.35. The second-order valence-corrected chi connectivity index (χ2v) is 37.1. The van der Waals surface area contributed by atoms with Crippen LogP contribution in [0.1, 0.15) is 158 Å². The fourth-order valence-electron chi connectivity index (χ4n) is 19.6. The Morgan fingerprint density at radius 2 is 1.49 bits per heavy atom. The zero-order valence-corrected chi connectivity index (χ0v) is 77.0. The van der Waals surface area contributed by atoms with E-state index in [1.165, 1.54) is 26.6 Å². The van der Waals surface area contributed by atoms with Crippen LogP contribution >= 0.6 is 0 Å². The van der Waals surface area contributed by atoms with Crippen molar-refractivity contribution in [3.63, 3.8) is 0 Å². The topological polar surface area (TPSA) is 483 Å². The number of anilines is 4. The lowest BCUT2D eigenvalue weighted by molar-refractivity contribution is -0.265. The number of aromatic nitrogens is 9. The number of aliphatic hydroxyl groups excluding tert-OH is 2. The second-order valence-electron chi connectivity index (χ2n) is 37.1. The van der Waals surface area contributed by atoms with Gasteiger partial charge in [-0.3, -0.25) is 38.5 Å². The quantitative estimate of drug-likeness (QED) is 0.0195. The number of nitrogen functional groups attached to an aromatic ring is 2. The summed E-state index contributed by atoms with van der Waals surface area (Å²) in [7, 11) is 3.01. The van der Waals surface area contributed by atoms with Crippen LogP contribution in [0.25, 0.3) is 33.4 Å². The smallest absolute Gasteiger partial charge is 0.329 e. The largest absolute Gasteiger partial charge is 0.459 e. The monoisotopic (exact) mass is 1830 g/mol.